The van der Waals surface area contributed by atoms with Crippen molar-refractivity contribution in [2.45, 2.75) is 12.8 Å². The highest BCUT2D eigenvalue weighted by Crippen LogP contribution is 2.23. The molecule has 4 rings (SSSR count). The van der Waals surface area contributed by atoms with E-state index in [9.17, 15) is 19.8 Å². The Balaban J connectivity index is 1.39. The second kappa shape index (κ2) is 11.7. The Morgan fingerprint density at radius 1 is 0.556 bits per heavy atom. The minimum Gasteiger partial charge on any atom is -0.490 e. The lowest BCUT2D eigenvalue weighted by Gasteiger charge is -2.13. The average molecular weight is 483 g/mol. The lowest BCUT2D eigenvalue weighted by molar-refractivity contribution is 0.0684. The number of aromatic carboxylic acids is 2. The minimum absolute atomic E-state index is 0.242. The summed E-state index contributed by atoms with van der Waals surface area (Å²) in [6, 6.07) is 29.2. The highest BCUT2D eigenvalue weighted by atomic mass is 16.5. The topological polar surface area (TPSA) is 93.1 Å². The third kappa shape index (κ3) is 6.51. The first-order chi connectivity index (χ1) is 17.5. The predicted octanol–water partition coefficient (Wildman–Crippen LogP) is 5.72. The van der Waals surface area contributed by atoms with Crippen LogP contribution >= 0.6 is 0 Å². The van der Waals surface area contributed by atoms with Crippen LogP contribution in [0.25, 0.3) is 0 Å². The molecule has 0 radical (unpaired) electrons. The molecule has 0 atom stereocenters. The maximum Gasteiger partial charge on any atom is 0.335 e. The standard InChI is InChI=1S/C30H26O6/c31-29(32)27-13-11-25(19-23(27)17-21-7-3-1-4-8-21)35-15-16-36-26-12-14-28(30(33)34)24(20-26)18-22-9-5-2-6-10-22/h1-14,19-20H,15-18H2,(H,31,32)(H,33,34). The van der Waals surface area contributed by atoms with Crippen molar-refractivity contribution in [1.82, 2.24) is 0 Å². The maximum atomic E-state index is 11.7. The van der Waals surface area contributed by atoms with Crippen LogP contribution < -0.4 is 9.47 Å². The molecular weight excluding hydrogens is 456 g/mol. The summed E-state index contributed by atoms with van der Waals surface area (Å²) in [4.78, 5) is 23.3. The molecule has 6 nitrogen and oxygen atoms in total. The van der Waals surface area contributed by atoms with Gasteiger partial charge in [0.15, 0.2) is 0 Å². The molecule has 0 spiro atoms. The molecule has 0 saturated heterocycles. The molecule has 0 amide bonds. The van der Waals surface area contributed by atoms with Crippen LogP contribution in [0, 0.1) is 0 Å². The van der Waals surface area contributed by atoms with Crippen molar-refractivity contribution in [3.05, 3.63) is 130 Å². The van der Waals surface area contributed by atoms with Crippen LogP contribution in [0.3, 0.4) is 0 Å². The summed E-state index contributed by atoms with van der Waals surface area (Å²) >= 11 is 0. The van der Waals surface area contributed by atoms with Gasteiger partial charge in [0.1, 0.15) is 24.7 Å². The van der Waals surface area contributed by atoms with E-state index in [4.69, 9.17) is 9.47 Å². The SMILES string of the molecule is O=C(O)c1ccc(OCCOc2ccc(C(=O)O)c(Cc3ccccc3)c2)cc1Cc1ccccc1. The van der Waals surface area contributed by atoms with E-state index >= 15 is 0 Å². The Bertz CT molecular complexity index is 1230. The summed E-state index contributed by atoms with van der Waals surface area (Å²) in [6.45, 7) is 0.484. The van der Waals surface area contributed by atoms with E-state index in [1.54, 1.807) is 36.4 Å². The Morgan fingerprint density at radius 3 is 1.31 bits per heavy atom. The van der Waals surface area contributed by atoms with Gasteiger partial charge in [0.05, 0.1) is 11.1 Å². The molecule has 36 heavy (non-hydrogen) atoms. The van der Waals surface area contributed by atoms with E-state index in [0.29, 0.717) is 35.5 Å². The summed E-state index contributed by atoms with van der Waals surface area (Å²) in [5.74, 6) is -0.847. The van der Waals surface area contributed by atoms with Gasteiger partial charge in [-0.1, -0.05) is 60.7 Å². The fourth-order valence-corrected chi connectivity index (χ4v) is 3.98. The average Bonchev–Trinajstić information content (AvgIpc) is 2.88. The number of benzene rings is 4. The van der Waals surface area contributed by atoms with Crippen molar-refractivity contribution in [2.75, 3.05) is 13.2 Å². The van der Waals surface area contributed by atoms with Crippen molar-refractivity contribution < 1.29 is 29.3 Å². The third-order valence-corrected chi connectivity index (χ3v) is 5.71. The molecule has 0 saturated carbocycles. The second-order valence-electron chi connectivity index (χ2n) is 8.27. The Hall–Kier alpha value is -4.58. The highest BCUT2D eigenvalue weighted by molar-refractivity contribution is 5.90. The number of carboxylic acid groups (broad SMARTS) is 2. The summed E-state index contributed by atoms with van der Waals surface area (Å²) in [6.07, 6.45) is 0.965. The summed E-state index contributed by atoms with van der Waals surface area (Å²) < 4.78 is 11.6. The van der Waals surface area contributed by atoms with Crippen molar-refractivity contribution >= 4 is 11.9 Å². The number of hydrogen-bond donors (Lipinski definition) is 2. The largest absolute Gasteiger partial charge is 0.490 e. The zero-order valence-electron chi connectivity index (χ0n) is 19.6. The van der Waals surface area contributed by atoms with E-state index < -0.39 is 11.9 Å². The summed E-state index contributed by atoms with van der Waals surface area (Å²) in [5, 5.41) is 19.1. The lowest BCUT2D eigenvalue weighted by atomic mass is 9.99. The van der Waals surface area contributed by atoms with Crippen molar-refractivity contribution in [2.24, 2.45) is 0 Å². The van der Waals surface area contributed by atoms with Crippen LogP contribution in [0.15, 0.2) is 97.1 Å². The zero-order chi connectivity index (χ0) is 25.3. The van der Waals surface area contributed by atoms with Gasteiger partial charge in [0.25, 0.3) is 0 Å². The number of hydrogen-bond acceptors (Lipinski definition) is 4. The first-order valence-corrected chi connectivity index (χ1v) is 11.6. The molecule has 0 unspecified atom stereocenters. The zero-order valence-corrected chi connectivity index (χ0v) is 19.6. The molecule has 0 aliphatic carbocycles. The van der Waals surface area contributed by atoms with Crippen LogP contribution in [-0.4, -0.2) is 35.4 Å². The maximum absolute atomic E-state index is 11.7. The first kappa shape index (κ1) is 24.5. The molecule has 182 valence electrons. The molecule has 4 aromatic rings. The van der Waals surface area contributed by atoms with Crippen LogP contribution in [0.2, 0.25) is 0 Å². The van der Waals surface area contributed by atoms with Crippen molar-refractivity contribution in [1.29, 1.82) is 0 Å². The number of rotatable bonds is 11. The van der Waals surface area contributed by atoms with Crippen LogP contribution in [0.1, 0.15) is 43.0 Å². The normalized spacial score (nSPS) is 10.6. The minimum atomic E-state index is -0.980. The van der Waals surface area contributed by atoms with E-state index in [-0.39, 0.29) is 24.3 Å². The number of ether oxygens (including phenoxy) is 2. The van der Waals surface area contributed by atoms with E-state index in [1.807, 2.05) is 60.7 Å². The van der Waals surface area contributed by atoms with Crippen LogP contribution in [-0.2, 0) is 12.8 Å². The van der Waals surface area contributed by atoms with Crippen LogP contribution in [0.4, 0.5) is 0 Å². The number of carbonyl (C=O) groups is 2. The fraction of sp³-hybridized carbons (Fsp3) is 0.133. The van der Waals surface area contributed by atoms with Gasteiger partial charge < -0.3 is 19.7 Å². The van der Waals surface area contributed by atoms with Gasteiger partial charge in [-0.25, -0.2) is 9.59 Å². The molecule has 0 fully saturated rings. The molecule has 0 aliphatic heterocycles. The molecule has 2 N–H and O–H groups in total. The van der Waals surface area contributed by atoms with Gasteiger partial charge >= 0.3 is 11.9 Å². The smallest absolute Gasteiger partial charge is 0.335 e. The molecule has 0 aliphatic rings. The molecular formula is C30H26O6. The fourth-order valence-electron chi connectivity index (χ4n) is 3.98. The Morgan fingerprint density at radius 2 is 0.944 bits per heavy atom. The van der Waals surface area contributed by atoms with Gasteiger partial charge in [-0.15, -0.1) is 0 Å². The predicted molar refractivity (Wildman–Crippen MR) is 136 cm³/mol. The van der Waals surface area contributed by atoms with Crippen molar-refractivity contribution in [3.63, 3.8) is 0 Å². The molecule has 0 aromatic heterocycles. The number of carboxylic acids is 2. The monoisotopic (exact) mass is 482 g/mol. The van der Waals surface area contributed by atoms with E-state index in [1.165, 1.54) is 0 Å². The first-order valence-electron chi connectivity index (χ1n) is 11.6. The molecule has 4 aromatic carbocycles. The van der Waals surface area contributed by atoms with Gasteiger partial charge in [0, 0.05) is 0 Å². The second-order valence-corrected chi connectivity index (χ2v) is 8.27. The summed E-state index contributed by atoms with van der Waals surface area (Å²) in [7, 11) is 0. The van der Waals surface area contributed by atoms with E-state index in [2.05, 4.69) is 0 Å². The third-order valence-electron chi connectivity index (χ3n) is 5.71. The molecule has 0 heterocycles. The Labute approximate surface area is 209 Å². The summed E-state index contributed by atoms with van der Waals surface area (Å²) in [5.41, 5.74) is 3.84. The van der Waals surface area contributed by atoms with Crippen LogP contribution in [0.5, 0.6) is 11.5 Å². The van der Waals surface area contributed by atoms with E-state index in [0.717, 1.165) is 11.1 Å². The van der Waals surface area contributed by atoms with Gasteiger partial charge in [-0.2, -0.15) is 0 Å². The van der Waals surface area contributed by atoms with Gasteiger partial charge in [-0.3, -0.25) is 0 Å². The highest BCUT2D eigenvalue weighted by Gasteiger charge is 2.13. The lowest BCUT2D eigenvalue weighted by Crippen LogP contribution is -2.11. The quantitative estimate of drug-likeness (QED) is 0.266. The van der Waals surface area contributed by atoms with Gasteiger partial charge in [-0.05, 0) is 71.5 Å². The molecule has 6 heteroatoms. The van der Waals surface area contributed by atoms with Crippen molar-refractivity contribution in [3.8, 4) is 11.5 Å². The van der Waals surface area contributed by atoms with Gasteiger partial charge in [0.2, 0.25) is 0 Å². The Kier molecular flexibility index (Phi) is 7.98. The molecule has 0 bridgehead atoms.